The summed E-state index contributed by atoms with van der Waals surface area (Å²) in [6.45, 7) is 2.06. The van der Waals surface area contributed by atoms with Crippen molar-refractivity contribution in [2.24, 2.45) is 5.73 Å². The highest BCUT2D eigenvalue weighted by Crippen LogP contribution is 2.26. The zero-order valence-electron chi connectivity index (χ0n) is 11.8. The predicted molar refractivity (Wildman–Crippen MR) is 79.1 cm³/mol. The maximum atomic E-state index is 14.0. The molecular formula is C17H17FN2O. The molecule has 0 fully saturated rings. The molecule has 0 radical (unpaired) electrons. The van der Waals surface area contributed by atoms with Crippen LogP contribution in [0.2, 0.25) is 0 Å². The van der Waals surface area contributed by atoms with Crippen molar-refractivity contribution in [3.05, 3.63) is 65.0 Å². The standard InChI is InChI=1S/C17H17FN2O/c1-2-15(20)14-8-3-4-9-16(14)21-11-13-7-5-6-12(10-19)17(13)18/h3-9,15H,2,11,20H2,1H3/t15-/m1/s1. The van der Waals surface area contributed by atoms with E-state index in [1.165, 1.54) is 6.07 Å². The lowest BCUT2D eigenvalue weighted by Gasteiger charge is -2.16. The Bertz CT molecular complexity index is 664. The molecule has 2 aromatic carbocycles. The molecule has 0 saturated carbocycles. The third-order valence-electron chi connectivity index (χ3n) is 3.34. The van der Waals surface area contributed by atoms with Gasteiger partial charge in [0.1, 0.15) is 24.2 Å². The number of para-hydroxylation sites is 1. The number of nitriles is 1. The third-order valence-corrected chi connectivity index (χ3v) is 3.34. The molecule has 21 heavy (non-hydrogen) atoms. The normalized spacial score (nSPS) is 11.7. The molecule has 0 aliphatic rings. The molecule has 2 N–H and O–H groups in total. The van der Waals surface area contributed by atoms with Crippen LogP contribution < -0.4 is 10.5 Å². The quantitative estimate of drug-likeness (QED) is 0.911. The second-order valence-corrected chi connectivity index (χ2v) is 4.73. The first-order valence-electron chi connectivity index (χ1n) is 6.82. The van der Waals surface area contributed by atoms with E-state index in [1.54, 1.807) is 12.1 Å². The summed E-state index contributed by atoms with van der Waals surface area (Å²) in [6.07, 6.45) is 0.790. The molecule has 0 unspecified atom stereocenters. The lowest BCUT2D eigenvalue weighted by atomic mass is 10.0. The zero-order valence-corrected chi connectivity index (χ0v) is 11.8. The molecular weight excluding hydrogens is 267 g/mol. The van der Waals surface area contributed by atoms with Gasteiger partial charge in [0.15, 0.2) is 0 Å². The van der Waals surface area contributed by atoms with E-state index in [0.717, 1.165) is 12.0 Å². The predicted octanol–water partition coefficient (Wildman–Crippen LogP) is 3.69. The summed E-state index contributed by atoms with van der Waals surface area (Å²) < 4.78 is 19.7. The Balaban J connectivity index is 2.20. The van der Waals surface area contributed by atoms with Gasteiger partial charge in [-0.05, 0) is 18.6 Å². The van der Waals surface area contributed by atoms with Gasteiger partial charge in [0.2, 0.25) is 0 Å². The Kier molecular flexibility index (Phi) is 4.91. The van der Waals surface area contributed by atoms with Gasteiger partial charge in [0.05, 0.1) is 5.56 Å². The monoisotopic (exact) mass is 284 g/mol. The molecule has 0 spiro atoms. The third kappa shape index (κ3) is 3.39. The van der Waals surface area contributed by atoms with Crippen LogP contribution in [0.25, 0.3) is 0 Å². The highest BCUT2D eigenvalue weighted by molar-refractivity contribution is 5.37. The van der Waals surface area contributed by atoms with Gasteiger partial charge in [0, 0.05) is 17.2 Å². The van der Waals surface area contributed by atoms with Crippen LogP contribution in [0.5, 0.6) is 5.75 Å². The molecule has 0 amide bonds. The van der Waals surface area contributed by atoms with Gasteiger partial charge < -0.3 is 10.5 Å². The summed E-state index contributed by atoms with van der Waals surface area (Å²) in [5.74, 6) is 0.117. The van der Waals surface area contributed by atoms with Crippen LogP contribution in [0.3, 0.4) is 0 Å². The fourth-order valence-electron chi connectivity index (χ4n) is 2.07. The van der Waals surface area contributed by atoms with Gasteiger partial charge in [-0.1, -0.05) is 37.3 Å². The molecule has 0 bridgehead atoms. The number of nitrogens with two attached hydrogens (primary N) is 1. The molecule has 4 heteroatoms. The molecule has 2 aromatic rings. The topological polar surface area (TPSA) is 59.0 Å². The van der Waals surface area contributed by atoms with Crippen molar-refractivity contribution >= 4 is 0 Å². The first kappa shape index (κ1) is 15.0. The SMILES string of the molecule is CC[C@@H](N)c1ccccc1OCc1cccc(C#N)c1F. The van der Waals surface area contributed by atoms with Gasteiger partial charge >= 0.3 is 0 Å². The molecule has 0 saturated heterocycles. The summed E-state index contributed by atoms with van der Waals surface area (Å²) in [6, 6.07) is 13.9. The minimum Gasteiger partial charge on any atom is -0.488 e. The van der Waals surface area contributed by atoms with Crippen LogP contribution in [-0.2, 0) is 6.61 Å². The molecule has 0 heterocycles. The number of halogens is 1. The van der Waals surface area contributed by atoms with E-state index in [9.17, 15) is 4.39 Å². The summed E-state index contributed by atoms with van der Waals surface area (Å²) in [7, 11) is 0. The van der Waals surface area contributed by atoms with Crippen LogP contribution in [0.15, 0.2) is 42.5 Å². The Morgan fingerprint density at radius 1 is 1.24 bits per heavy atom. The maximum absolute atomic E-state index is 14.0. The van der Waals surface area contributed by atoms with Crippen molar-refractivity contribution in [1.82, 2.24) is 0 Å². The van der Waals surface area contributed by atoms with Crippen LogP contribution in [0, 0.1) is 17.1 Å². The fraction of sp³-hybridized carbons (Fsp3) is 0.235. The number of hydrogen-bond acceptors (Lipinski definition) is 3. The highest BCUT2D eigenvalue weighted by Gasteiger charge is 2.12. The molecule has 2 rings (SSSR count). The Morgan fingerprint density at radius 2 is 2.00 bits per heavy atom. The summed E-state index contributed by atoms with van der Waals surface area (Å²) >= 11 is 0. The Morgan fingerprint density at radius 3 is 2.71 bits per heavy atom. The average Bonchev–Trinajstić information content (AvgIpc) is 2.53. The van der Waals surface area contributed by atoms with E-state index in [2.05, 4.69) is 0 Å². The molecule has 3 nitrogen and oxygen atoms in total. The van der Waals surface area contributed by atoms with Crippen LogP contribution in [0.1, 0.15) is 36.1 Å². The number of rotatable bonds is 5. The fourth-order valence-corrected chi connectivity index (χ4v) is 2.07. The minimum absolute atomic E-state index is 0.0228. The number of nitrogens with zero attached hydrogens (tertiary/aromatic N) is 1. The van der Waals surface area contributed by atoms with Gasteiger partial charge in [-0.2, -0.15) is 5.26 Å². The van der Waals surface area contributed by atoms with E-state index >= 15 is 0 Å². The van der Waals surface area contributed by atoms with E-state index in [1.807, 2.05) is 37.3 Å². The first-order valence-corrected chi connectivity index (χ1v) is 6.82. The Hall–Kier alpha value is -2.38. The number of benzene rings is 2. The second kappa shape index (κ2) is 6.87. The van der Waals surface area contributed by atoms with Crippen molar-refractivity contribution in [3.8, 4) is 11.8 Å². The van der Waals surface area contributed by atoms with Crippen molar-refractivity contribution in [2.45, 2.75) is 26.0 Å². The average molecular weight is 284 g/mol. The van der Waals surface area contributed by atoms with E-state index in [-0.39, 0.29) is 18.2 Å². The lowest BCUT2D eigenvalue weighted by molar-refractivity contribution is 0.294. The summed E-state index contributed by atoms with van der Waals surface area (Å²) in [5.41, 5.74) is 7.32. The second-order valence-electron chi connectivity index (χ2n) is 4.73. The van der Waals surface area contributed by atoms with Gasteiger partial charge in [-0.25, -0.2) is 4.39 Å². The maximum Gasteiger partial charge on any atom is 0.147 e. The largest absolute Gasteiger partial charge is 0.488 e. The summed E-state index contributed by atoms with van der Waals surface area (Å²) in [4.78, 5) is 0. The van der Waals surface area contributed by atoms with Gasteiger partial charge in [0.25, 0.3) is 0 Å². The molecule has 0 aromatic heterocycles. The molecule has 1 atom stereocenters. The van der Waals surface area contributed by atoms with Gasteiger partial charge in [-0.15, -0.1) is 0 Å². The smallest absolute Gasteiger partial charge is 0.147 e. The summed E-state index contributed by atoms with van der Waals surface area (Å²) in [5, 5.41) is 8.83. The zero-order chi connectivity index (χ0) is 15.2. The lowest BCUT2D eigenvalue weighted by Crippen LogP contribution is -2.11. The van der Waals surface area contributed by atoms with Crippen molar-refractivity contribution < 1.29 is 9.13 Å². The van der Waals surface area contributed by atoms with E-state index < -0.39 is 5.82 Å². The van der Waals surface area contributed by atoms with Gasteiger partial charge in [-0.3, -0.25) is 0 Å². The highest BCUT2D eigenvalue weighted by atomic mass is 19.1. The Labute approximate surface area is 123 Å². The number of ether oxygens (including phenoxy) is 1. The number of hydrogen-bond donors (Lipinski definition) is 1. The van der Waals surface area contributed by atoms with Crippen LogP contribution >= 0.6 is 0 Å². The molecule has 108 valence electrons. The van der Waals surface area contributed by atoms with Crippen LogP contribution in [-0.4, -0.2) is 0 Å². The van der Waals surface area contributed by atoms with E-state index in [4.69, 9.17) is 15.7 Å². The van der Waals surface area contributed by atoms with Crippen molar-refractivity contribution in [2.75, 3.05) is 0 Å². The minimum atomic E-state index is -0.530. The van der Waals surface area contributed by atoms with Crippen LogP contribution in [0.4, 0.5) is 4.39 Å². The van der Waals surface area contributed by atoms with Crippen molar-refractivity contribution in [3.63, 3.8) is 0 Å². The molecule has 0 aliphatic carbocycles. The van der Waals surface area contributed by atoms with E-state index in [0.29, 0.717) is 11.3 Å². The van der Waals surface area contributed by atoms with Crippen molar-refractivity contribution in [1.29, 1.82) is 5.26 Å². The molecule has 0 aliphatic heterocycles. The first-order chi connectivity index (χ1) is 10.2.